The molecule has 0 atom stereocenters. The predicted octanol–water partition coefficient (Wildman–Crippen LogP) is 4.11. The second kappa shape index (κ2) is 7.62. The van der Waals surface area contributed by atoms with Crippen molar-refractivity contribution >= 4 is 17.6 Å². The van der Waals surface area contributed by atoms with E-state index in [-0.39, 0.29) is 5.78 Å². The molecule has 0 fully saturated rings. The van der Waals surface area contributed by atoms with Crippen molar-refractivity contribution in [3.63, 3.8) is 0 Å². The Morgan fingerprint density at radius 2 is 1.95 bits per heavy atom. The number of rotatable bonds is 6. The van der Waals surface area contributed by atoms with Crippen molar-refractivity contribution in [3.8, 4) is 0 Å². The van der Waals surface area contributed by atoms with Crippen LogP contribution >= 0.6 is 0 Å². The molecule has 4 heteroatoms. The highest BCUT2D eigenvalue weighted by atomic mass is 16.6. The maximum Gasteiger partial charge on any atom is 0.412 e. The van der Waals surface area contributed by atoms with Crippen LogP contribution in [-0.4, -0.2) is 17.5 Å². The number of anilines is 1. The van der Waals surface area contributed by atoms with Gasteiger partial charge in [0.25, 0.3) is 0 Å². The average Bonchev–Trinajstić information content (AvgIpc) is 2.36. The molecule has 0 aliphatic carbocycles. The van der Waals surface area contributed by atoms with E-state index in [0.29, 0.717) is 24.9 Å². The number of carbonyl (C=O) groups is 2. The lowest BCUT2D eigenvalue weighted by Gasteiger charge is -2.20. The van der Waals surface area contributed by atoms with E-state index >= 15 is 0 Å². The van der Waals surface area contributed by atoms with Crippen molar-refractivity contribution in [2.45, 2.75) is 45.6 Å². The van der Waals surface area contributed by atoms with Gasteiger partial charge in [0.2, 0.25) is 0 Å². The minimum absolute atomic E-state index is 0.119. The van der Waals surface area contributed by atoms with Gasteiger partial charge in [0.15, 0.2) is 0 Å². The predicted molar refractivity (Wildman–Crippen MR) is 84.4 cm³/mol. The lowest BCUT2D eigenvalue weighted by atomic mass is 10.0. The Kier molecular flexibility index (Phi) is 6.15. The van der Waals surface area contributed by atoms with Crippen LogP contribution in [0.25, 0.3) is 0 Å². The minimum atomic E-state index is -0.557. The van der Waals surface area contributed by atoms with Crippen LogP contribution in [0.4, 0.5) is 10.5 Å². The SMILES string of the molecule is C=CCCC(=O)Cc1ccccc1NC(=O)OC(C)(C)C. The van der Waals surface area contributed by atoms with Gasteiger partial charge in [-0.05, 0) is 38.8 Å². The third-order valence-electron chi connectivity index (χ3n) is 2.67. The van der Waals surface area contributed by atoms with E-state index in [1.165, 1.54) is 0 Å². The van der Waals surface area contributed by atoms with Gasteiger partial charge in [-0.15, -0.1) is 6.58 Å². The molecule has 0 aliphatic heterocycles. The Balaban J connectivity index is 2.73. The van der Waals surface area contributed by atoms with Crippen molar-refractivity contribution in [3.05, 3.63) is 42.5 Å². The van der Waals surface area contributed by atoms with E-state index in [9.17, 15) is 9.59 Å². The van der Waals surface area contributed by atoms with Gasteiger partial charge in [0.1, 0.15) is 11.4 Å². The Hall–Kier alpha value is -2.10. The molecule has 1 aromatic rings. The van der Waals surface area contributed by atoms with Crippen molar-refractivity contribution in [2.24, 2.45) is 0 Å². The number of ether oxygens (including phenoxy) is 1. The highest BCUT2D eigenvalue weighted by Crippen LogP contribution is 2.18. The maximum absolute atomic E-state index is 11.8. The lowest BCUT2D eigenvalue weighted by molar-refractivity contribution is -0.118. The molecule has 0 aliphatic rings. The molecule has 4 nitrogen and oxygen atoms in total. The maximum atomic E-state index is 11.8. The molecule has 0 bridgehead atoms. The second-order valence-electron chi connectivity index (χ2n) is 5.83. The number of para-hydroxylation sites is 1. The van der Waals surface area contributed by atoms with Gasteiger partial charge in [-0.2, -0.15) is 0 Å². The first-order valence-electron chi connectivity index (χ1n) is 7.02. The number of ketones is 1. The molecule has 0 saturated carbocycles. The summed E-state index contributed by atoms with van der Waals surface area (Å²) >= 11 is 0. The molecule has 1 aromatic carbocycles. The number of carbonyl (C=O) groups excluding carboxylic acids is 2. The highest BCUT2D eigenvalue weighted by Gasteiger charge is 2.17. The molecule has 0 unspecified atom stereocenters. The van der Waals surface area contributed by atoms with Crippen LogP contribution in [0.1, 0.15) is 39.2 Å². The normalized spacial score (nSPS) is 10.8. The van der Waals surface area contributed by atoms with E-state index in [2.05, 4.69) is 11.9 Å². The largest absolute Gasteiger partial charge is 0.444 e. The Morgan fingerprint density at radius 1 is 1.29 bits per heavy atom. The summed E-state index contributed by atoms with van der Waals surface area (Å²) in [7, 11) is 0. The number of allylic oxidation sites excluding steroid dienone is 1. The smallest absolute Gasteiger partial charge is 0.412 e. The van der Waals surface area contributed by atoms with Gasteiger partial charge >= 0.3 is 6.09 Å². The number of amides is 1. The van der Waals surface area contributed by atoms with Crippen LogP contribution < -0.4 is 5.32 Å². The number of benzene rings is 1. The molecule has 0 aromatic heterocycles. The van der Waals surface area contributed by atoms with Crippen LogP contribution in [-0.2, 0) is 16.0 Å². The van der Waals surface area contributed by atoms with Crippen LogP contribution in [0.5, 0.6) is 0 Å². The number of Topliss-reactive ketones (excluding diaryl/α,β-unsaturated/α-hetero) is 1. The first kappa shape index (κ1) is 17.0. The van der Waals surface area contributed by atoms with Crippen molar-refractivity contribution in [1.29, 1.82) is 0 Å². The van der Waals surface area contributed by atoms with Gasteiger partial charge in [0, 0.05) is 18.5 Å². The second-order valence-corrected chi connectivity index (χ2v) is 5.83. The Morgan fingerprint density at radius 3 is 2.57 bits per heavy atom. The fourth-order valence-corrected chi connectivity index (χ4v) is 1.77. The highest BCUT2D eigenvalue weighted by molar-refractivity contribution is 5.88. The van der Waals surface area contributed by atoms with Crippen molar-refractivity contribution in [1.82, 2.24) is 0 Å². The van der Waals surface area contributed by atoms with E-state index in [0.717, 1.165) is 5.56 Å². The molecule has 0 saturated heterocycles. The number of nitrogens with one attached hydrogen (secondary N) is 1. The van der Waals surface area contributed by atoms with Crippen LogP contribution in [0, 0.1) is 0 Å². The van der Waals surface area contributed by atoms with Gasteiger partial charge in [-0.1, -0.05) is 24.3 Å². The summed E-state index contributed by atoms with van der Waals surface area (Å²) in [5, 5.41) is 2.69. The zero-order valence-electron chi connectivity index (χ0n) is 12.9. The third-order valence-corrected chi connectivity index (χ3v) is 2.67. The number of hydrogen-bond acceptors (Lipinski definition) is 3. The molecule has 0 spiro atoms. The molecular formula is C17H23NO3. The monoisotopic (exact) mass is 289 g/mol. The average molecular weight is 289 g/mol. The van der Waals surface area contributed by atoms with Gasteiger partial charge in [-0.25, -0.2) is 4.79 Å². The molecular weight excluding hydrogens is 266 g/mol. The Labute approximate surface area is 126 Å². The molecule has 21 heavy (non-hydrogen) atoms. The topological polar surface area (TPSA) is 55.4 Å². The van der Waals surface area contributed by atoms with Crippen LogP contribution in [0.15, 0.2) is 36.9 Å². The lowest BCUT2D eigenvalue weighted by Crippen LogP contribution is -2.27. The summed E-state index contributed by atoms with van der Waals surface area (Å²) in [6, 6.07) is 7.25. The Bertz CT molecular complexity index is 515. The first-order chi connectivity index (χ1) is 9.81. The van der Waals surface area contributed by atoms with Gasteiger partial charge in [0.05, 0.1) is 0 Å². The zero-order valence-corrected chi connectivity index (χ0v) is 12.9. The summed E-state index contributed by atoms with van der Waals surface area (Å²) in [6.07, 6.45) is 2.63. The molecule has 1 rings (SSSR count). The molecule has 1 amide bonds. The van der Waals surface area contributed by atoms with Crippen LogP contribution in [0.3, 0.4) is 0 Å². The van der Waals surface area contributed by atoms with Gasteiger partial charge < -0.3 is 4.74 Å². The zero-order chi connectivity index (χ0) is 15.9. The van der Waals surface area contributed by atoms with E-state index in [1.54, 1.807) is 32.9 Å². The summed E-state index contributed by atoms with van der Waals surface area (Å²) in [5.74, 6) is 0.119. The summed E-state index contributed by atoms with van der Waals surface area (Å²) in [6.45, 7) is 9.01. The number of hydrogen-bond donors (Lipinski definition) is 1. The molecule has 0 radical (unpaired) electrons. The molecule has 1 N–H and O–H groups in total. The van der Waals surface area contributed by atoms with E-state index in [1.807, 2.05) is 18.2 Å². The first-order valence-corrected chi connectivity index (χ1v) is 7.02. The summed E-state index contributed by atoms with van der Waals surface area (Å²) < 4.78 is 5.22. The van der Waals surface area contributed by atoms with E-state index in [4.69, 9.17) is 4.74 Å². The fraction of sp³-hybridized carbons (Fsp3) is 0.412. The van der Waals surface area contributed by atoms with Crippen molar-refractivity contribution < 1.29 is 14.3 Å². The quantitative estimate of drug-likeness (QED) is 0.802. The standard InChI is InChI=1S/C17H23NO3/c1-5-6-10-14(19)12-13-9-7-8-11-15(13)18-16(20)21-17(2,3)4/h5,7-9,11H,1,6,10,12H2,2-4H3,(H,18,20). The van der Waals surface area contributed by atoms with Crippen LogP contribution in [0.2, 0.25) is 0 Å². The minimum Gasteiger partial charge on any atom is -0.444 e. The van der Waals surface area contributed by atoms with Crippen molar-refractivity contribution in [2.75, 3.05) is 5.32 Å². The van der Waals surface area contributed by atoms with Gasteiger partial charge in [-0.3, -0.25) is 10.1 Å². The third kappa shape index (κ3) is 6.75. The summed E-state index contributed by atoms with van der Waals surface area (Å²) in [5.41, 5.74) is 0.842. The van der Waals surface area contributed by atoms with E-state index < -0.39 is 11.7 Å². The molecule has 114 valence electrons. The summed E-state index contributed by atoms with van der Waals surface area (Å²) in [4.78, 5) is 23.7. The fourth-order valence-electron chi connectivity index (χ4n) is 1.77. The molecule has 0 heterocycles.